The fourth-order valence-corrected chi connectivity index (χ4v) is 3.53. The Balaban J connectivity index is 1.51. The number of fused-ring (bicyclic) bond motifs is 1. The molecule has 0 spiro atoms. The van der Waals surface area contributed by atoms with E-state index in [1.54, 1.807) is 19.2 Å². The smallest absolute Gasteiger partial charge is 0.244 e. The van der Waals surface area contributed by atoms with Gasteiger partial charge in [0, 0.05) is 23.1 Å². The first-order chi connectivity index (χ1) is 16.4. The van der Waals surface area contributed by atoms with E-state index < -0.39 is 23.1 Å². The van der Waals surface area contributed by atoms with E-state index in [0.29, 0.717) is 23.0 Å². The standard InChI is InChI=1S/C24H21F2N5O3/c1-34-21-4-2-3-16-5-7-18(30-23(16)21)8-10-22(32)28-12-24(33,13-31-15-27-14-29-31)19-9-6-17(25)11-20(19)26/h2-11,14-15,33H,12-13H2,1H3,(H,28,32). The van der Waals surface area contributed by atoms with Gasteiger partial charge in [0.1, 0.15) is 41.2 Å². The molecule has 0 fully saturated rings. The molecule has 4 aromatic rings. The molecule has 0 aliphatic heterocycles. The van der Waals surface area contributed by atoms with Crippen LogP contribution in [0.2, 0.25) is 0 Å². The average molecular weight is 465 g/mol. The fourth-order valence-electron chi connectivity index (χ4n) is 3.53. The molecule has 0 saturated heterocycles. The molecule has 0 aliphatic carbocycles. The van der Waals surface area contributed by atoms with Crippen molar-refractivity contribution in [2.45, 2.75) is 12.1 Å². The van der Waals surface area contributed by atoms with Crippen molar-refractivity contribution in [3.8, 4) is 5.75 Å². The summed E-state index contributed by atoms with van der Waals surface area (Å²) < 4.78 is 34.5. The Morgan fingerprint density at radius 1 is 1.24 bits per heavy atom. The van der Waals surface area contributed by atoms with Crippen molar-refractivity contribution in [3.05, 3.63) is 90.2 Å². The number of rotatable bonds is 8. The Morgan fingerprint density at radius 2 is 2.09 bits per heavy atom. The molecular weight excluding hydrogens is 444 g/mol. The second-order valence-electron chi connectivity index (χ2n) is 7.57. The first-order valence-corrected chi connectivity index (χ1v) is 10.3. The lowest BCUT2D eigenvalue weighted by Crippen LogP contribution is -2.44. The monoisotopic (exact) mass is 465 g/mol. The van der Waals surface area contributed by atoms with Gasteiger partial charge in [-0.3, -0.25) is 4.79 Å². The van der Waals surface area contributed by atoms with Gasteiger partial charge >= 0.3 is 0 Å². The number of nitrogens with one attached hydrogen (secondary N) is 1. The number of halogens is 2. The first kappa shape index (κ1) is 23.0. The predicted octanol–water partition coefficient (Wildman–Crippen LogP) is 2.83. The molecule has 0 saturated carbocycles. The lowest BCUT2D eigenvalue weighted by molar-refractivity contribution is -0.118. The summed E-state index contributed by atoms with van der Waals surface area (Å²) in [6, 6.07) is 12.0. The number of aliphatic hydroxyl groups is 1. The van der Waals surface area contributed by atoms with E-state index in [9.17, 15) is 18.7 Å². The normalized spacial score (nSPS) is 13.2. The van der Waals surface area contributed by atoms with Gasteiger partial charge in [0.15, 0.2) is 0 Å². The summed E-state index contributed by atoms with van der Waals surface area (Å²) in [7, 11) is 1.55. The van der Waals surface area contributed by atoms with Crippen LogP contribution in [0.1, 0.15) is 11.3 Å². The Kier molecular flexibility index (Phi) is 6.60. The van der Waals surface area contributed by atoms with Gasteiger partial charge < -0.3 is 15.2 Å². The number of hydrogen-bond donors (Lipinski definition) is 2. The van der Waals surface area contributed by atoms with E-state index in [4.69, 9.17) is 4.74 Å². The number of ether oxygens (including phenoxy) is 1. The second-order valence-corrected chi connectivity index (χ2v) is 7.57. The van der Waals surface area contributed by atoms with Crippen LogP contribution in [0.15, 0.2) is 67.3 Å². The number of carbonyl (C=O) groups is 1. The summed E-state index contributed by atoms with van der Waals surface area (Å²) in [4.78, 5) is 20.8. The van der Waals surface area contributed by atoms with E-state index >= 15 is 0 Å². The maximum absolute atomic E-state index is 14.5. The number of hydrogen-bond acceptors (Lipinski definition) is 6. The maximum atomic E-state index is 14.5. The van der Waals surface area contributed by atoms with Crippen molar-refractivity contribution in [1.29, 1.82) is 0 Å². The quantitative estimate of drug-likeness (QED) is 0.388. The number of aromatic nitrogens is 4. The highest BCUT2D eigenvalue weighted by molar-refractivity contribution is 5.92. The Morgan fingerprint density at radius 3 is 2.82 bits per heavy atom. The van der Waals surface area contributed by atoms with Gasteiger partial charge in [-0.2, -0.15) is 5.10 Å². The van der Waals surface area contributed by atoms with Crippen LogP contribution in [-0.2, 0) is 16.9 Å². The summed E-state index contributed by atoms with van der Waals surface area (Å²) >= 11 is 0. The molecule has 2 N–H and O–H groups in total. The second kappa shape index (κ2) is 9.75. The van der Waals surface area contributed by atoms with E-state index in [2.05, 4.69) is 20.4 Å². The van der Waals surface area contributed by atoms with Crippen molar-refractivity contribution in [1.82, 2.24) is 25.1 Å². The number of nitrogens with zero attached hydrogens (tertiary/aromatic N) is 4. The molecule has 2 heterocycles. The number of pyridine rings is 1. The topological polar surface area (TPSA) is 102 Å². The highest BCUT2D eigenvalue weighted by atomic mass is 19.1. The van der Waals surface area contributed by atoms with Crippen LogP contribution < -0.4 is 10.1 Å². The van der Waals surface area contributed by atoms with Gasteiger partial charge in [-0.25, -0.2) is 23.4 Å². The van der Waals surface area contributed by atoms with Crippen molar-refractivity contribution in [2.24, 2.45) is 0 Å². The number of methoxy groups -OCH3 is 1. The Hall–Kier alpha value is -4.18. The highest BCUT2D eigenvalue weighted by Crippen LogP contribution is 2.26. The van der Waals surface area contributed by atoms with Gasteiger partial charge in [0.05, 0.1) is 25.9 Å². The van der Waals surface area contributed by atoms with Crippen LogP contribution in [-0.4, -0.2) is 44.4 Å². The molecule has 0 radical (unpaired) electrons. The van der Waals surface area contributed by atoms with E-state index in [-0.39, 0.29) is 18.7 Å². The molecule has 1 amide bonds. The molecule has 2 aromatic carbocycles. The maximum Gasteiger partial charge on any atom is 0.244 e. The van der Waals surface area contributed by atoms with Gasteiger partial charge in [-0.05, 0) is 24.3 Å². The van der Waals surface area contributed by atoms with Crippen LogP contribution in [0.3, 0.4) is 0 Å². The SMILES string of the molecule is COc1cccc2ccc(C=CC(=O)NCC(O)(Cn3cncn3)c3ccc(F)cc3F)nc12. The largest absolute Gasteiger partial charge is 0.494 e. The zero-order valence-corrected chi connectivity index (χ0v) is 18.2. The first-order valence-electron chi connectivity index (χ1n) is 10.3. The zero-order chi connectivity index (χ0) is 24.1. The van der Waals surface area contributed by atoms with Crippen molar-refractivity contribution < 1.29 is 23.4 Å². The van der Waals surface area contributed by atoms with E-state index in [1.165, 1.54) is 29.5 Å². The third-order valence-electron chi connectivity index (χ3n) is 5.21. The van der Waals surface area contributed by atoms with Gasteiger partial charge in [0.2, 0.25) is 5.91 Å². The van der Waals surface area contributed by atoms with Crippen LogP contribution in [0, 0.1) is 11.6 Å². The van der Waals surface area contributed by atoms with Gasteiger partial charge in [0.25, 0.3) is 0 Å². The minimum Gasteiger partial charge on any atom is -0.494 e. The lowest BCUT2D eigenvalue weighted by Gasteiger charge is -2.29. The third-order valence-corrected chi connectivity index (χ3v) is 5.21. The molecule has 174 valence electrons. The Bertz CT molecular complexity index is 1340. The molecule has 8 nitrogen and oxygen atoms in total. The van der Waals surface area contributed by atoms with Crippen LogP contribution in [0.5, 0.6) is 5.75 Å². The zero-order valence-electron chi connectivity index (χ0n) is 18.2. The van der Waals surface area contributed by atoms with Gasteiger partial charge in [-0.1, -0.05) is 24.3 Å². The number of benzene rings is 2. The molecule has 0 aliphatic rings. The minimum atomic E-state index is -1.91. The summed E-state index contributed by atoms with van der Waals surface area (Å²) in [5, 5.41) is 18.6. The summed E-state index contributed by atoms with van der Waals surface area (Å²) in [6.07, 6.45) is 5.36. The average Bonchev–Trinajstić information content (AvgIpc) is 3.33. The van der Waals surface area contributed by atoms with Gasteiger partial charge in [-0.15, -0.1) is 0 Å². The molecule has 34 heavy (non-hydrogen) atoms. The Labute approximate surface area is 193 Å². The third kappa shape index (κ3) is 5.07. The highest BCUT2D eigenvalue weighted by Gasteiger charge is 2.34. The molecule has 1 atom stereocenters. The van der Waals surface area contributed by atoms with Crippen molar-refractivity contribution in [2.75, 3.05) is 13.7 Å². The number of amides is 1. The van der Waals surface area contributed by atoms with Crippen molar-refractivity contribution >= 4 is 22.9 Å². The summed E-state index contributed by atoms with van der Waals surface area (Å²) in [5.41, 5.74) is -0.920. The molecule has 2 aromatic heterocycles. The number of carbonyl (C=O) groups excluding carboxylic acids is 1. The fraction of sp³-hybridized carbons (Fsp3) is 0.167. The predicted molar refractivity (Wildman–Crippen MR) is 121 cm³/mol. The number of para-hydroxylation sites is 1. The van der Waals surface area contributed by atoms with Crippen LogP contribution in [0.25, 0.3) is 17.0 Å². The minimum absolute atomic E-state index is 0.183. The molecular formula is C24H21F2N5O3. The van der Waals surface area contributed by atoms with Crippen LogP contribution in [0.4, 0.5) is 8.78 Å². The molecule has 1 unspecified atom stereocenters. The van der Waals surface area contributed by atoms with E-state index in [1.807, 2.05) is 18.2 Å². The summed E-state index contributed by atoms with van der Waals surface area (Å²) in [5.74, 6) is -1.66. The van der Waals surface area contributed by atoms with E-state index in [0.717, 1.165) is 17.5 Å². The van der Waals surface area contributed by atoms with Crippen LogP contribution >= 0.6 is 0 Å². The molecule has 0 bridgehead atoms. The molecule has 10 heteroatoms. The summed E-state index contributed by atoms with van der Waals surface area (Å²) in [6.45, 7) is -0.580. The molecule has 4 rings (SSSR count). The van der Waals surface area contributed by atoms with Crippen molar-refractivity contribution in [3.63, 3.8) is 0 Å². The lowest BCUT2D eigenvalue weighted by atomic mass is 9.92.